The molecule has 36 heavy (non-hydrogen) atoms. The number of rotatable bonds is 5. The number of benzene rings is 2. The van der Waals surface area contributed by atoms with Crippen LogP contribution in [0.5, 0.6) is 0 Å². The molecule has 5 rings (SSSR count). The van der Waals surface area contributed by atoms with Crippen LogP contribution in [0.3, 0.4) is 0 Å². The van der Waals surface area contributed by atoms with Gasteiger partial charge in [0.2, 0.25) is 0 Å². The minimum atomic E-state index is -1.79. The van der Waals surface area contributed by atoms with Crippen molar-refractivity contribution < 1.29 is 34.4 Å². The third-order valence-electron chi connectivity index (χ3n) is 7.81. The number of carbonyl (C=O) groups excluding carboxylic acids is 1. The lowest BCUT2D eigenvalue weighted by atomic mass is 9.73. The number of methoxy groups -OCH3 is 1. The smallest absolute Gasteiger partial charge is 0.333 e. The van der Waals surface area contributed by atoms with Crippen molar-refractivity contribution in [3.05, 3.63) is 70.8 Å². The molecular weight excluding hydrogens is 462 g/mol. The molecule has 2 aliphatic carbocycles. The minimum absolute atomic E-state index is 0.0484. The highest BCUT2D eigenvalue weighted by molar-refractivity contribution is 5.79. The van der Waals surface area contributed by atoms with Gasteiger partial charge in [-0.1, -0.05) is 48.5 Å². The number of nitrogens with zero attached hydrogens (tertiary/aromatic N) is 1. The van der Waals surface area contributed by atoms with Crippen LogP contribution in [0.15, 0.2) is 48.5 Å². The van der Waals surface area contributed by atoms with E-state index in [0.717, 1.165) is 25.9 Å². The van der Waals surface area contributed by atoms with Crippen molar-refractivity contribution in [2.75, 3.05) is 20.2 Å². The molecule has 0 amide bonds. The zero-order valence-corrected chi connectivity index (χ0v) is 20.4. The van der Waals surface area contributed by atoms with Gasteiger partial charge in [0.15, 0.2) is 6.10 Å². The Labute approximate surface area is 210 Å². The predicted molar refractivity (Wildman–Crippen MR) is 132 cm³/mol. The quantitative estimate of drug-likeness (QED) is 0.541. The van der Waals surface area contributed by atoms with Crippen molar-refractivity contribution in [2.45, 2.75) is 56.1 Å². The van der Waals surface area contributed by atoms with Gasteiger partial charge in [-0.25, -0.2) is 4.79 Å². The van der Waals surface area contributed by atoms with Gasteiger partial charge < -0.3 is 20.1 Å². The fourth-order valence-electron chi connectivity index (χ4n) is 5.95. The first-order valence-electron chi connectivity index (χ1n) is 12.3. The van der Waals surface area contributed by atoms with E-state index >= 15 is 0 Å². The standard InChI is InChI=1S/C24H27NO2.C4H6O5/c1-27-23(26)20-15-25(16-20)21-10-11-24(14-21)13-19-8-3-2-6-17(19)12-18-7-4-5-9-22(18)24;5-2(4(8)9)1-3(6)7/h2-9,20-21H,10-16H2,1H3;2,5H,1H2,(H,6,7)(H,8,9)/t21?,24-;2-/m01/s1. The van der Waals surface area contributed by atoms with E-state index in [0.29, 0.717) is 6.04 Å². The lowest BCUT2D eigenvalue weighted by Gasteiger charge is -2.42. The number of hydrogen-bond acceptors (Lipinski definition) is 6. The number of aliphatic hydroxyl groups is 1. The number of aliphatic carboxylic acids is 2. The second kappa shape index (κ2) is 10.8. The van der Waals surface area contributed by atoms with Crippen LogP contribution in [0.4, 0.5) is 0 Å². The first-order valence-corrected chi connectivity index (χ1v) is 12.3. The highest BCUT2D eigenvalue weighted by atomic mass is 16.5. The second-order valence-corrected chi connectivity index (χ2v) is 10.1. The van der Waals surface area contributed by atoms with Crippen LogP contribution >= 0.6 is 0 Å². The van der Waals surface area contributed by atoms with E-state index in [-0.39, 0.29) is 17.3 Å². The fraction of sp³-hybridized carbons (Fsp3) is 0.464. The predicted octanol–water partition coefficient (Wildman–Crippen LogP) is 2.64. The van der Waals surface area contributed by atoms with Gasteiger partial charge >= 0.3 is 17.9 Å². The molecule has 3 N–H and O–H groups in total. The molecule has 8 heteroatoms. The molecule has 0 aromatic heterocycles. The average molecular weight is 496 g/mol. The molecule has 1 unspecified atom stereocenters. The molecule has 0 radical (unpaired) electrons. The maximum Gasteiger partial charge on any atom is 0.333 e. The van der Waals surface area contributed by atoms with E-state index in [1.165, 1.54) is 43.1 Å². The van der Waals surface area contributed by atoms with Gasteiger partial charge in [0, 0.05) is 24.5 Å². The van der Waals surface area contributed by atoms with Gasteiger partial charge in [-0.3, -0.25) is 14.5 Å². The summed E-state index contributed by atoms with van der Waals surface area (Å²) in [6, 6.07) is 18.7. The normalized spacial score (nSPS) is 23.8. The third-order valence-corrected chi connectivity index (χ3v) is 7.81. The van der Waals surface area contributed by atoms with Crippen molar-refractivity contribution in [2.24, 2.45) is 5.92 Å². The molecule has 1 saturated carbocycles. The summed E-state index contributed by atoms with van der Waals surface area (Å²) in [5, 5.41) is 24.1. The number of likely N-dealkylation sites (tertiary alicyclic amines) is 1. The monoisotopic (exact) mass is 495 g/mol. The lowest BCUT2D eigenvalue weighted by Crippen LogP contribution is -2.54. The van der Waals surface area contributed by atoms with Crippen molar-refractivity contribution >= 4 is 17.9 Å². The molecule has 1 aliphatic heterocycles. The number of carboxylic acids is 2. The van der Waals surface area contributed by atoms with Crippen LogP contribution in [0.1, 0.15) is 47.9 Å². The van der Waals surface area contributed by atoms with Crippen molar-refractivity contribution in [1.82, 2.24) is 4.90 Å². The van der Waals surface area contributed by atoms with Crippen molar-refractivity contribution in [3.8, 4) is 0 Å². The van der Waals surface area contributed by atoms with Gasteiger partial charge in [0.25, 0.3) is 0 Å². The first-order chi connectivity index (χ1) is 17.2. The molecule has 8 nitrogen and oxygen atoms in total. The fourth-order valence-corrected chi connectivity index (χ4v) is 5.95. The highest BCUT2D eigenvalue weighted by Gasteiger charge is 2.47. The van der Waals surface area contributed by atoms with Crippen LogP contribution < -0.4 is 0 Å². The summed E-state index contributed by atoms with van der Waals surface area (Å²) in [6.45, 7) is 1.73. The molecule has 3 atom stereocenters. The van der Waals surface area contributed by atoms with E-state index in [9.17, 15) is 14.4 Å². The van der Waals surface area contributed by atoms with Crippen LogP contribution in [-0.2, 0) is 37.4 Å². The summed E-state index contributed by atoms with van der Waals surface area (Å²) in [7, 11) is 1.50. The van der Waals surface area contributed by atoms with E-state index in [1.807, 2.05) is 0 Å². The Kier molecular flexibility index (Phi) is 7.76. The SMILES string of the molecule is COC(=O)C1CN(C2CC[C@]3(Cc4ccccc4Cc4ccccc43)C2)C1.O=C(O)C[C@@H](O)C(=O)O. The second-order valence-electron chi connectivity index (χ2n) is 10.1. The van der Waals surface area contributed by atoms with Crippen LogP contribution in [0, 0.1) is 5.92 Å². The summed E-state index contributed by atoms with van der Waals surface area (Å²) in [4.78, 5) is 33.7. The van der Waals surface area contributed by atoms with Crippen molar-refractivity contribution in [1.29, 1.82) is 0 Å². The van der Waals surface area contributed by atoms with E-state index in [1.54, 1.807) is 5.56 Å². The number of carbonyl (C=O) groups is 3. The Bertz CT molecular complexity index is 1130. The molecule has 1 heterocycles. The van der Waals surface area contributed by atoms with Gasteiger partial charge in [-0.2, -0.15) is 0 Å². The number of hydrogen-bond donors (Lipinski definition) is 3. The lowest BCUT2D eigenvalue weighted by molar-refractivity contribution is -0.153. The summed E-state index contributed by atoms with van der Waals surface area (Å²) < 4.78 is 4.91. The molecule has 192 valence electrons. The Morgan fingerprint density at radius 2 is 1.67 bits per heavy atom. The summed E-state index contributed by atoms with van der Waals surface area (Å²) in [5.74, 6) is -2.82. The molecule has 0 bridgehead atoms. The van der Waals surface area contributed by atoms with Gasteiger partial charge in [0.05, 0.1) is 19.4 Å². The molecule has 2 aromatic rings. The first kappa shape index (κ1) is 25.9. The minimum Gasteiger partial charge on any atom is -0.481 e. The summed E-state index contributed by atoms with van der Waals surface area (Å²) >= 11 is 0. The zero-order chi connectivity index (χ0) is 25.9. The molecule has 1 saturated heterocycles. The molecule has 3 aliphatic rings. The molecule has 1 spiro atoms. The van der Waals surface area contributed by atoms with E-state index in [2.05, 4.69) is 53.4 Å². The topological polar surface area (TPSA) is 124 Å². The maximum atomic E-state index is 11.7. The van der Waals surface area contributed by atoms with Crippen LogP contribution in [0.2, 0.25) is 0 Å². The van der Waals surface area contributed by atoms with Gasteiger partial charge in [0.1, 0.15) is 0 Å². The largest absolute Gasteiger partial charge is 0.481 e. The molecule has 2 fully saturated rings. The van der Waals surface area contributed by atoms with Crippen molar-refractivity contribution in [3.63, 3.8) is 0 Å². The number of fused-ring (bicyclic) bond motifs is 3. The molecule has 2 aromatic carbocycles. The maximum absolute atomic E-state index is 11.7. The highest BCUT2D eigenvalue weighted by Crippen LogP contribution is 2.49. The number of ether oxygens (including phenoxy) is 1. The van der Waals surface area contributed by atoms with Crippen LogP contribution in [0.25, 0.3) is 0 Å². The zero-order valence-electron chi connectivity index (χ0n) is 20.4. The third kappa shape index (κ3) is 5.44. The number of aliphatic hydroxyl groups excluding tert-OH is 1. The Morgan fingerprint density at radius 3 is 2.28 bits per heavy atom. The average Bonchev–Trinajstić information content (AvgIpc) is 3.17. The van der Waals surface area contributed by atoms with Gasteiger partial charge in [-0.15, -0.1) is 0 Å². The van der Waals surface area contributed by atoms with Crippen LogP contribution in [-0.4, -0.2) is 70.5 Å². The number of esters is 1. The Morgan fingerprint density at radius 1 is 1.03 bits per heavy atom. The van der Waals surface area contributed by atoms with E-state index < -0.39 is 24.5 Å². The Hall–Kier alpha value is -3.23. The van der Waals surface area contributed by atoms with Gasteiger partial charge in [-0.05, 0) is 54.4 Å². The number of carboxylic acid groups (broad SMARTS) is 2. The Balaban J connectivity index is 0.000000292. The molecular formula is C28H33NO7. The van der Waals surface area contributed by atoms with E-state index in [4.69, 9.17) is 20.1 Å². The summed E-state index contributed by atoms with van der Waals surface area (Å²) in [5.41, 5.74) is 6.31. The summed E-state index contributed by atoms with van der Waals surface area (Å²) in [6.07, 6.45) is 3.31.